The summed E-state index contributed by atoms with van der Waals surface area (Å²) in [5.41, 5.74) is 6.52. The monoisotopic (exact) mass is 470 g/mol. The highest BCUT2D eigenvalue weighted by Gasteiger charge is 2.30. The van der Waals surface area contributed by atoms with Crippen LogP contribution in [0.5, 0.6) is 0 Å². The summed E-state index contributed by atoms with van der Waals surface area (Å²) in [6.45, 7) is 11.3. The topological polar surface area (TPSA) is 49.4 Å². The molecule has 3 aromatic rings. The lowest BCUT2D eigenvalue weighted by Crippen LogP contribution is -2.51. The van der Waals surface area contributed by atoms with Crippen molar-refractivity contribution < 1.29 is 9.59 Å². The average Bonchev–Trinajstić information content (AvgIpc) is 2.82. The highest BCUT2D eigenvalue weighted by molar-refractivity contribution is 5.88. The number of nitrogens with zero attached hydrogens (tertiary/aromatic N) is 1. The van der Waals surface area contributed by atoms with Crippen molar-refractivity contribution in [2.24, 2.45) is 5.92 Å². The molecule has 3 rings (SSSR count). The van der Waals surface area contributed by atoms with E-state index in [-0.39, 0.29) is 18.2 Å². The van der Waals surface area contributed by atoms with E-state index in [1.54, 1.807) is 4.90 Å². The van der Waals surface area contributed by atoms with E-state index in [9.17, 15) is 9.59 Å². The number of hydrogen-bond acceptors (Lipinski definition) is 2. The van der Waals surface area contributed by atoms with Crippen LogP contribution in [-0.2, 0) is 29.0 Å². The van der Waals surface area contributed by atoms with Crippen LogP contribution < -0.4 is 5.32 Å². The number of benzene rings is 3. The molecule has 3 aromatic carbocycles. The van der Waals surface area contributed by atoms with Crippen LogP contribution in [0.25, 0.3) is 0 Å². The molecule has 4 nitrogen and oxygen atoms in total. The number of amides is 2. The van der Waals surface area contributed by atoms with Crippen LogP contribution in [0.15, 0.2) is 72.8 Å². The van der Waals surface area contributed by atoms with Gasteiger partial charge in [0.2, 0.25) is 11.8 Å². The number of aryl methyl sites for hydroxylation is 3. The molecule has 0 saturated heterocycles. The van der Waals surface area contributed by atoms with Crippen LogP contribution in [0.2, 0.25) is 0 Å². The Morgan fingerprint density at radius 2 is 1.51 bits per heavy atom. The predicted octanol–water partition coefficient (Wildman–Crippen LogP) is 5.57. The van der Waals surface area contributed by atoms with Gasteiger partial charge in [-0.05, 0) is 54.5 Å². The largest absolute Gasteiger partial charge is 0.354 e. The lowest BCUT2D eigenvalue weighted by Gasteiger charge is -2.32. The summed E-state index contributed by atoms with van der Waals surface area (Å²) in [6, 6.07) is 23.6. The number of rotatable bonds is 10. The Hall–Kier alpha value is -3.40. The number of hydrogen-bond donors (Lipinski definition) is 1. The Kier molecular flexibility index (Phi) is 9.25. The number of nitrogens with one attached hydrogen (secondary N) is 1. The number of carbonyl (C=O) groups is 2. The summed E-state index contributed by atoms with van der Waals surface area (Å²) in [4.78, 5) is 29.1. The molecule has 0 unspecified atom stereocenters. The normalized spacial score (nSPS) is 11.8. The van der Waals surface area contributed by atoms with Gasteiger partial charge in [0.1, 0.15) is 6.04 Å². The quantitative estimate of drug-likeness (QED) is 0.421. The molecule has 0 aliphatic rings. The fourth-order valence-corrected chi connectivity index (χ4v) is 4.17. The van der Waals surface area contributed by atoms with Gasteiger partial charge in [0.25, 0.3) is 0 Å². The summed E-state index contributed by atoms with van der Waals surface area (Å²) in [7, 11) is 0. The SMILES string of the molecule is Cc1cccc(CN(C(=O)Cc2ccc(C)c(C)c2)[C@@H](Cc2ccccc2)C(=O)NCC(C)C)c1. The third-order valence-corrected chi connectivity index (χ3v) is 6.32. The lowest BCUT2D eigenvalue weighted by atomic mass is 10.00. The van der Waals surface area contributed by atoms with Crippen LogP contribution in [0.3, 0.4) is 0 Å². The smallest absolute Gasteiger partial charge is 0.243 e. The molecular formula is C31H38N2O2. The summed E-state index contributed by atoms with van der Waals surface area (Å²) in [6.07, 6.45) is 0.727. The second kappa shape index (κ2) is 12.3. The maximum atomic E-state index is 13.8. The van der Waals surface area contributed by atoms with Crippen molar-refractivity contribution in [3.8, 4) is 0 Å². The molecule has 0 heterocycles. The van der Waals surface area contributed by atoms with Crippen LogP contribution in [-0.4, -0.2) is 29.3 Å². The minimum absolute atomic E-state index is 0.0459. The fourth-order valence-electron chi connectivity index (χ4n) is 4.17. The summed E-state index contributed by atoms with van der Waals surface area (Å²) in [5, 5.41) is 3.08. The zero-order valence-corrected chi connectivity index (χ0v) is 21.7. The fraction of sp³-hybridized carbons (Fsp3) is 0.355. The molecule has 0 aromatic heterocycles. The Labute approximate surface area is 210 Å². The average molecular weight is 471 g/mol. The molecule has 1 N–H and O–H groups in total. The van der Waals surface area contributed by atoms with Gasteiger partial charge in [-0.15, -0.1) is 0 Å². The van der Waals surface area contributed by atoms with Gasteiger partial charge in [-0.1, -0.05) is 92.2 Å². The van der Waals surface area contributed by atoms with Crippen molar-refractivity contribution in [1.29, 1.82) is 0 Å². The molecule has 4 heteroatoms. The molecule has 0 fully saturated rings. The summed E-state index contributed by atoms with van der Waals surface area (Å²) in [5.74, 6) is 0.173. The van der Waals surface area contributed by atoms with Gasteiger partial charge >= 0.3 is 0 Å². The maximum Gasteiger partial charge on any atom is 0.243 e. The van der Waals surface area contributed by atoms with E-state index in [0.717, 1.165) is 27.8 Å². The highest BCUT2D eigenvalue weighted by atomic mass is 16.2. The first-order valence-corrected chi connectivity index (χ1v) is 12.5. The van der Waals surface area contributed by atoms with E-state index in [1.165, 1.54) is 5.56 Å². The predicted molar refractivity (Wildman–Crippen MR) is 143 cm³/mol. The van der Waals surface area contributed by atoms with E-state index in [2.05, 4.69) is 51.2 Å². The van der Waals surface area contributed by atoms with Gasteiger partial charge in [-0.3, -0.25) is 9.59 Å². The summed E-state index contributed by atoms with van der Waals surface area (Å²) >= 11 is 0. The second-order valence-corrected chi connectivity index (χ2v) is 9.95. The minimum atomic E-state index is -0.601. The Morgan fingerprint density at radius 1 is 0.800 bits per heavy atom. The molecular weight excluding hydrogens is 432 g/mol. The molecule has 184 valence electrons. The van der Waals surface area contributed by atoms with Crippen LogP contribution in [0.1, 0.15) is 47.2 Å². The maximum absolute atomic E-state index is 13.8. The van der Waals surface area contributed by atoms with E-state index < -0.39 is 6.04 Å². The van der Waals surface area contributed by atoms with Crippen LogP contribution in [0.4, 0.5) is 0 Å². The van der Waals surface area contributed by atoms with E-state index in [0.29, 0.717) is 25.4 Å². The molecule has 0 radical (unpaired) electrons. The first kappa shape index (κ1) is 26.2. The van der Waals surface area contributed by atoms with E-state index in [4.69, 9.17) is 0 Å². The molecule has 0 aliphatic carbocycles. The number of carbonyl (C=O) groups excluding carboxylic acids is 2. The molecule has 0 spiro atoms. The van der Waals surface area contributed by atoms with E-state index in [1.807, 2.05) is 61.5 Å². The van der Waals surface area contributed by atoms with Gasteiger partial charge in [0.05, 0.1) is 6.42 Å². The van der Waals surface area contributed by atoms with Crippen LogP contribution >= 0.6 is 0 Å². The van der Waals surface area contributed by atoms with Crippen molar-refractivity contribution in [2.45, 2.75) is 60.0 Å². The molecule has 0 saturated carbocycles. The first-order valence-electron chi connectivity index (χ1n) is 12.5. The molecule has 0 aliphatic heterocycles. The van der Waals surface area contributed by atoms with Gasteiger partial charge in [0.15, 0.2) is 0 Å². The van der Waals surface area contributed by atoms with Gasteiger partial charge < -0.3 is 10.2 Å². The Morgan fingerprint density at radius 3 is 2.17 bits per heavy atom. The lowest BCUT2D eigenvalue weighted by molar-refractivity contribution is -0.140. The van der Waals surface area contributed by atoms with Crippen molar-refractivity contribution in [2.75, 3.05) is 6.54 Å². The van der Waals surface area contributed by atoms with Crippen molar-refractivity contribution in [3.63, 3.8) is 0 Å². The Balaban J connectivity index is 1.96. The highest BCUT2D eigenvalue weighted by Crippen LogP contribution is 2.18. The van der Waals surface area contributed by atoms with E-state index >= 15 is 0 Å². The first-order chi connectivity index (χ1) is 16.7. The van der Waals surface area contributed by atoms with Gasteiger partial charge in [0, 0.05) is 19.5 Å². The minimum Gasteiger partial charge on any atom is -0.354 e. The van der Waals surface area contributed by atoms with Crippen LogP contribution in [0, 0.1) is 26.7 Å². The third-order valence-electron chi connectivity index (χ3n) is 6.32. The second-order valence-electron chi connectivity index (χ2n) is 9.95. The van der Waals surface area contributed by atoms with Crippen molar-refractivity contribution in [1.82, 2.24) is 10.2 Å². The standard InChI is InChI=1S/C31H38N2O2/c1-22(2)20-32-31(35)29(18-26-11-7-6-8-12-26)33(21-28-13-9-10-23(3)16-28)30(34)19-27-15-14-24(4)25(5)17-27/h6-17,22,29H,18-21H2,1-5H3,(H,32,35)/t29-/m0/s1. The third kappa shape index (κ3) is 7.81. The molecule has 0 bridgehead atoms. The Bertz CT molecular complexity index is 1140. The molecule has 35 heavy (non-hydrogen) atoms. The zero-order chi connectivity index (χ0) is 25.4. The summed E-state index contributed by atoms with van der Waals surface area (Å²) < 4.78 is 0. The van der Waals surface area contributed by atoms with Crippen molar-refractivity contribution in [3.05, 3.63) is 106 Å². The van der Waals surface area contributed by atoms with Crippen molar-refractivity contribution >= 4 is 11.8 Å². The van der Waals surface area contributed by atoms with Gasteiger partial charge in [-0.2, -0.15) is 0 Å². The zero-order valence-electron chi connectivity index (χ0n) is 21.7. The van der Waals surface area contributed by atoms with Gasteiger partial charge in [-0.25, -0.2) is 0 Å². The molecule has 2 amide bonds. The molecule has 1 atom stereocenters.